The molecule has 0 aliphatic carbocycles. The van der Waals surface area contributed by atoms with E-state index in [1.54, 1.807) is 13.2 Å². The van der Waals surface area contributed by atoms with Crippen molar-refractivity contribution in [1.82, 2.24) is 0 Å². The van der Waals surface area contributed by atoms with Crippen LogP contribution in [0.15, 0.2) is 12.1 Å². The van der Waals surface area contributed by atoms with Crippen LogP contribution in [0.3, 0.4) is 0 Å². The standard InChI is InChI=1S/C15H24N2O3/c1-10-7-11(8-12(13(10)16)14(18)19)17-9-15(2,3)5-6-20-4/h7-8,17H,5-6,9,16H2,1-4H3,(H,18,19). The second-order valence-corrected chi connectivity index (χ2v) is 5.82. The Morgan fingerprint density at radius 3 is 2.65 bits per heavy atom. The van der Waals surface area contributed by atoms with Gasteiger partial charge in [0.1, 0.15) is 0 Å². The zero-order chi connectivity index (χ0) is 15.3. The maximum Gasteiger partial charge on any atom is 0.337 e. The highest BCUT2D eigenvalue weighted by molar-refractivity contribution is 5.95. The second-order valence-electron chi connectivity index (χ2n) is 5.82. The number of nitrogens with one attached hydrogen (secondary N) is 1. The molecule has 0 aromatic heterocycles. The van der Waals surface area contributed by atoms with E-state index in [4.69, 9.17) is 15.6 Å². The smallest absolute Gasteiger partial charge is 0.337 e. The molecule has 112 valence electrons. The number of methoxy groups -OCH3 is 1. The number of aryl methyl sites for hydroxylation is 1. The number of anilines is 2. The van der Waals surface area contributed by atoms with Gasteiger partial charge < -0.3 is 20.9 Å². The van der Waals surface area contributed by atoms with E-state index in [1.165, 1.54) is 0 Å². The van der Waals surface area contributed by atoms with Gasteiger partial charge in [0.05, 0.1) is 5.56 Å². The van der Waals surface area contributed by atoms with Gasteiger partial charge in [-0.05, 0) is 36.5 Å². The maximum atomic E-state index is 11.1. The van der Waals surface area contributed by atoms with Crippen molar-refractivity contribution in [2.75, 3.05) is 31.3 Å². The molecule has 1 aromatic carbocycles. The molecular formula is C15H24N2O3. The topological polar surface area (TPSA) is 84.6 Å². The fourth-order valence-electron chi connectivity index (χ4n) is 1.89. The lowest BCUT2D eigenvalue weighted by molar-refractivity contribution is 0.0698. The van der Waals surface area contributed by atoms with Gasteiger partial charge >= 0.3 is 5.97 Å². The molecule has 0 aliphatic heterocycles. The number of hydrogen-bond acceptors (Lipinski definition) is 4. The first kappa shape index (κ1) is 16.3. The third-order valence-electron chi connectivity index (χ3n) is 3.37. The van der Waals surface area contributed by atoms with E-state index in [-0.39, 0.29) is 11.0 Å². The molecule has 0 saturated carbocycles. The van der Waals surface area contributed by atoms with Crippen LogP contribution >= 0.6 is 0 Å². The largest absolute Gasteiger partial charge is 0.478 e. The molecule has 0 bridgehead atoms. The second kappa shape index (κ2) is 6.61. The van der Waals surface area contributed by atoms with Gasteiger partial charge in [-0.15, -0.1) is 0 Å². The zero-order valence-electron chi connectivity index (χ0n) is 12.6. The minimum absolute atomic E-state index is 0.0642. The van der Waals surface area contributed by atoms with Gasteiger partial charge in [-0.2, -0.15) is 0 Å². The van der Waals surface area contributed by atoms with E-state index >= 15 is 0 Å². The Morgan fingerprint density at radius 2 is 2.10 bits per heavy atom. The van der Waals surface area contributed by atoms with Crippen LogP contribution in [0.1, 0.15) is 36.2 Å². The van der Waals surface area contributed by atoms with E-state index in [2.05, 4.69) is 19.2 Å². The molecule has 1 rings (SSSR count). The number of aromatic carboxylic acids is 1. The Kier molecular flexibility index (Phi) is 5.39. The molecule has 0 spiro atoms. The first-order chi connectivity index (χ1) is 9.26. The van der Waals surface area contributed by atoms with E-state index in [9.17, 15) is 4.79 Å². The monoisotopic (exact) mass is 280 g/mol. The molecule has 0 atom stereocenters. The Balaban J connectivity index is 2.81. The quantitative estimate of drug-likeness (QED) is 0.669. The molecule has 0 fully saturated rings. The molecule has 5 heteroatoms. The van der Waals surface area contributed by atoms with E-state index in [1.807, 2.05) is 13.0 Å². The van der Waals surface area contributed by atoms with Crippen molar-refractivity contribution in [3.63, 3.8) is 0 Å². The summed E-state index contributed by atoms with van der Waals surface area (Å²) in [4.78, 5) is 11.1. The Bertz CT molecular complexity index is 484. The van der Waals surface area contributed by atoms with Crippen LogP contribution in [0, 0.1) is 12.3 Å². The molecule has 1 aromatic rings. The van der Waals surface area contributed by atoms with Crippen LogP contribution in [0.25, 0.3) is 0 Å². The van der Waals surface area contributed by atoms with Gasteiger partial charge in [-0.1, -0.05) is 13.8 Å². The van der Waals surface area contributed by atoms with Crippen molar-refractivity contribution < 1.29 is 14.6 Å². The SMILES string of the molecule is COCCC(C)(C)CNc1cc(C)c(N)c(C(=O)O)c1. The number of rotatable bonds is 7. The number of carbonyl (C=O) groups is 1. The predicted octanol–water partition coefficient (Wildman–Crippen LogP) is 2.75. The summed E-state index contributed by atoms with van der Waals surface area (Å²) in [5.41, 5.74) is 7.84. The van der Waals surface area contributed by atoms with Gasteiger partial charge in [0.2, 0.25) is 0 Å². The van der Waals surface area contributed by atoms with Crippen molar-refractivity contribution in [2.24, 2.45) is 5.41 Å². The number of benzene rings is 1. The highest BCUT2D eigenvalue weighted by atomic mass is 16.5. The van der Waals surface area contributed by atoms with Crippen LogP contribution < -0.4 is 11.1 Å². The maximum absolute atomic E-state index is 11.1. The Morgan fingerprint density at radius 1 is 1.45 bits per heavy atom. The summed E-state index contributed by atoms with van der Waals surface area (Å²) in [5.74, 6) is -1.01. The third kappa shape index (κ3) is 4.42. The fourth-order valence-corrected chi connectivity index (χ4v) is 1.89. The summed E-state index contributed by atoms with van der Waals surface area (Å²) in [7, 11) is 1.69. The summed E-state index contributed by atoms with van der Waals surface area (Å²) >= 11 is 0. The van der Waals surface area contributed by atoms with Crippen LogP contribution in [-0.4, -0.2) is 31.3 Å². The van der Waals surface area contributed by atoms with Crippen molar-refractivity contribution in [3.8, 4) is 0 Å². The predicted molar refractivity (Wildman–Crippen MR) is 81.3 cm³/mol. The number of hydrogen-bond donors (Lipinski definition) is 3. The van der Waals surface area contributed by atoms with Crippen LogP contribution in [-0.2, 0) is 4.74 Å². The fraction of sp³-hybridized carbons (Fsp3) is 0.533. The average molecular weight is 280 g/mol. The van der Waals surface area contributed by atoms with Crippen molar-refractivity contribution in [3.05, 3.63) is 23.3 Å². The summed E-state index contributed by atoms with van der Waals surface area (Å²) in [6, 6.07) is 3.45. The van der Waals surface area contributed by atoms with Crippen LogP contribution in [0.5, 0.6) is 0 Å². The normalized spacial score (nSPS) is 11.4. The van der Waals surface area contributed by atoms with E-state index < -0.39 is 5.97 Å². The van der Waals surface area contributed by atoms with Crippen molar-refractivity contribution >= 4 is 17.3 Å². The van der Waals surface area contributed by atoms with Crippen LogP contribution in [0.4, 0.5) is 11.4 Å². The summed E-state index contributed by atoms with van der Waals surface area (Å²) in [5, 5.41) is 12.4. The lowest BCUT2D eigenvalue weighted by Crippen LogP contribution is -2.24. The zero-order valence-corrected chi connectivity index (χ0v) is 12.6. The first-order valence-electron chi connectivity index (χ1n) is 6.63. The van der Waals surface area contributed by atoms with Gasteiger partial charge in [0, 0.05) is 31.6 Å². The summed E-state index contributed by atoms with van der Waals surface area (Å²) < 4.78 is 5.09. The average Bonchev–Trinajstić information content (AvgIpc) is 2.37. The van der Waals surface area contributed by atoms with E-state index in [0.717, 1.165) is 24.2 Å². The molecule has 0 aliphatic rings. The molecule has 0 amide bonds. The number of nitrogens with two attached hydrogens (primary N) is 1. The molecule has 0 heterocycles. The number of carboxylic acids is 1. The molecule has 5 nitrogen and oxygen atoms in total. The highest BCUT2D eigenvalue weighted by Gasteiger charge is 2.18. The number of ether oxygens (including phenoxy) is 1. The first-order valence-corrected chi connectivity index (χ1v) is 6.63. The van der Waals surface area contributed by atoms with Gasteiger partial charge in [-0.3, -0.25) is 0 Å². The van der Waals surface area contributed by atoms with Crippen molar-refractivity contribution in [2.45, 2.75) is 27.2 Å². The van der Waals surface area contributed by atoms with E-state index in [0.29, 0.717) is 12.3 Å². The highest BCUT2D eigenvalue weighted by Crippen LogP contribution is 2.25. The molecule has 0 radical (unpaired) electrons. The Hall–Kier alpha value is -1.75. The van der Waals surface area contributed by atoms with Gasteiger partial charge in [-0.25, -0.2) is 4.79 Å². The molecule has 4 N–H and O–H groups in total. The molecule has 0 saturated heterocycles. The lowest BCUT2D eigenvalue weighted by atomic mass is 9.89. The van der Waals surface area contributed by atoms with Crippen molar-refractivity contribution in [1.29, 1.82) is 0 Å². The molecule has 20 heavy (non-hydrogen) atoms. The van der Waals surface area contributed by atoms with Crippen LogP contribution in [0.2, 0.25) is 0 Å². The summed E-state index contributed by atoms with van der Waals surface area (Å²) in [6.45, 7) is 7.53. The number of carboxylic acid groups (broad SMARTS) is 1. The molecular weight excluding hydrogens is 256 g/mol. The minimum atomic E-state index is -1.01. The third-order valence-corrected chi connectivity index (χ3v) is 3.37. The summed E-state index contributed by atoms with van der Waals surface area (Å²) in [6.07, 6.45) is 0.927. The minimum Gasteiger partial charge on any atom is -0.478 e. The molecule has 0 unspecified atom stereocenters. The Labute approximate surface area is 120 Å². The lowest BCUT2D eigenvalue weighted by Gasteiger charge is -2.25. The van der Waals surface area contributed by atoms with Gasteiger partial charge in [0.25, 0.3) is 0 Å². The van der Waals surface area contributed by atoms with Gasteiger partial charge in [0.15, 0.2) is 0 Å². The number of nitrogen functional groups attached to an aromatic ring is 1.